The van der Waals surface area contributed by atoms with Crippen LogP contribution in [0.15, 0.2) is 89.5 Å². The van der Waals surface area contributed by atoms with E-state index in [9.17, 15) is 5.11 Å². The second-order valence-electron chi connectivity index (χ2n) is 14.0. The number of hydrogen-bond donors (Lipinski definition) is 1. The second kappa shape index (κ2) is 12.5. The van der Waals surface area contributed by atoms with Crippen molar-refractivity contribution < 1.29 is 30.6 Å². The first-order valence-electron chi connectivity index (χ1n) is 16.1. The molecular formula is C43H39N2O2Pt-. The third kappa shape index (κ3) is 5.99. The molecule has 7 aromatic rings. The van der Waals surface area contributed by atoms with E-state index in [0.717, 1.165) is 55.4 Å². The number of aromatic nitrogens is 2. The number of hydrogen-bond acceptors (Lipinski definition) is 4. The van der Waals surface area contributed by atoms with Crippen molar-refractivity contribution >= 4 is 22.0 Å². The fraction of sp³-hybridized carbons (Fsp3) is 0.209. The Kier molecular flexibility index (Phi) is 8.68. The summed E-state index contributed by atoms with van der Waals surface area (Å²) in [6.07, 6.45) is 1.87. The molecule has 1 N–H and O–H groups in total. The summed E-state index contributed by atoms with van der Waals surface area (Å²) in [6.45, 7) is 17.2. The third-order valence-electron chi connectivity index (χ3n) is 9.14. The zero-order chi connectivity index (χ0) is 33.2. The molecule has 5 aromatic carbocycles. The second-order valence-corrected chi connectivity index (χ2v) is 14.0. The van der Waals surface area contributed by atoms with E-state index in [1.807, 2.05) is 24.4 Å². The first-order chi connectivity index (χ1) is 22.4. The molecule has 0 saturated carbocycles. The minimum absolute atomic E-state index is 0. The summed E-state index contributed by atoms with van der Waals surface area (Å²) in [5, 5.41) is 12.1. The van der Waals surface area contributed by atoms with Crippen LogP contribution in [0.5, 0.6) is 5.75 Å². The van der Waals surface area contributed by atoms with E-state index < -0.39 is 0 Å². The topological polar surface area (TPSA) is 59.2 Å². The first-order valence-corrected chi connectivity index (χ1v) is 16.1. The largest absolute Gasteiger partial charge is 0.507 e. The number of benzene rings is 5. The summed E-state index contributed by atoms with van der Waals surface area (Å²) in [5.74, 6) is 0.528. The normalized spacial score (nSPS) is 11.7. The van der Waals surface area contributed by atoms with Crippen LogP contribution < -0.4 is 0 Å². The van der Waals surface area contributed by atoms with Crippen LogP contribution in [0.4, 0.5) is 0 Å². The minimum Gasteiger partial charge on any atom is -0.507 e. The van der Waals surface area contributed by atoms with Gasteiger partial charge >= 0.3 is 0 Å². The van der Waals surface area contributed by atoms with Crippen LogP contribution in [0.1, 0.15) is 54.2 Å². The molecule has 0 aliphatic heterocycles. The van der Waals surface area contributed by atoms with Gasteiger partial charge in [0.05, 0.1) is 11.1 Å². The van der Waals surface area contributed by atoms with Crippen molar-refractivity contribution in [3.05, 3.63) is 125 Å². The number of rotatable bonds is 4. The van der Waals surface area contributed by atoms with E-state index in [0.29, 0.717) is 17.0 Å². The van der Waals surface area contributed by atoms with Crippen LogP contribution in [-0.4, -0.2) is 15.1 Å². The van der Waals surface area contributed by atoms with Crippen molar-refractivity contribution in [2.45, 2.75) is 60.8 Å². The predicted molar refractivity (Wildman–Crippen MR) is 194 cm³/mol. The number of phenols is 1. The molecule has 2 aromatic heterocycles. The molecule has 0 aliphatic carbocycles. The molecular weight excluding hydrogens is 772 g/mol. The fourth-order valence-corrected chi connectivity index (χ4v) is 6.84. The van der Waals surface area contributed by atoms with Gasteiger partial charge in [-0.15, -0.1) is 34.9 Å². The molecule has 0 aliphatic rings. The predicted octanol–water partition coefficient (Wildman–Crippen LogP) is 11.4. The van der Waals surface area contributed by atoms with E-state index in [1.165, 1.54) is 27.8 Å². The van der Waals surface area contributed by atoms with Gasteiger partial charge in [-0.3, -0.25) is 4.98 Å². The quantitative estimate of drug-likeness (QED) is 0.180. The van der Waals surface area contributed by atoms with Crippen molar-refractivity contribution in [1.82, 2.24) is 9.97 Å². The third-order valence-corrected chi connectivity index (χ3v) is 9.14. The van der Waals surface area contributed by atoms with E-state index in [2.05, 4.69) is 116 Å². The average molecular weight is 811 g/mol. The number of fused-ring (bicyclic) bond motifs is 2. The molecule has 7 rings (SSSR count). The van der Waals surface area contributed by atoms with Crippen LogP contribution in [0, 0.1) is 40.7 Å². The molecule has 5 heteroatoms. The van der Waals surface area contributed by atoms with Crippen LogP contribution in [-0.2, 0) is 26.5 Å². The zero-order valence-corrected chi connectivity index (χ0v) is 30.9. The maximum atomic E-state index is 11.0. The average Bonchev–Trinajstić information content (AvgIpc) is 3.43. The maximum Gasteiger partial charge on any atom is 0.230 e. The Morgan fingerprint density at radius 2 is 1.38 bits per heavy atom. The molecule has 0 amide bonds. The zero-order valence-electron chi connectivity index (χ0n) is 28.6. The SMILES string of the molecule is Cc1cc(-c2cc(-c3c(C)cc(C)cc3C)cc3oc(-c4cc(C(C)(C)C)ccc4O)nc23)[c-]c(-c2cccc3c(C)ccnc23)c1.[Pt]. The molecule has 2 heterocycles. The number of aromatic hydroxyl groups is 1. The number of oxazole rings is 1. The standard InChI is InChI=1S/C43H39N2O2.Pt/c1-24-16-27(4)39(28(5)17-24)31-21-35(41-38(22-31)47-42(45-41)36-23-32(43(6,7)8)12-13-37(36)46)30-19-25(2)18-29(20-30)34-11-9-10-33-26(3)14-15-44-40(33)34;/h9-19,21-23,46H,1-8H3;/q-1;. The number of nitrogens with zero attached hydrogens (tertiary/aromatic N) is 2. The van der Waals surface area contributed by atoms with Gasteiger partial charge in [0, 0.05) is 32.8 Å². The Labute approximate surface area is 297 Å². The number of para-hydroxylation sites is 1. The van der Waals surface area contributed by atoms with Gasteiger partial charge in [0.1, 0.15) is 11.3 Å². The van der Waals surface area contributed by atoms with Crippen LogP contribution in [0.3, 0.4) is 0 Å². The molecule has 0 atom stereocenters. The van der Waals surface area contributed by atoms with Gasteiger partial charge in [-0.05, 0) is 96.1 Å². The van der Waals surface area contributed by atoms with E-state index in [-0.39, 0.29) is 32.2 Å². The molecule has 244 valence electrons. The fourth-order valence-electron chi connectivity index (χ4n) is 6.84. The Morgan fingerprint density at radius 3 is 2.08 bits per heavy atom. The number of aryl methyl sites for hydroxylation is 5. The molecule has 0 radical (unpaired) electrons. The summed E-state index contributed by atoms with van der Waals surface area (Å²) < 4.78 is 6.55. The summed E-state index contributed by atoms with van der Waals surface area (Å²) in [5.41, 5.74) is 15.9. The maximum absolute atomic E-state index is 11.0. The van der Waals surface area contributed by atoms with Crippen molar-refractivity contribution in [3.63, 3.8) is 0 Å². The van der Waals surface area contributed by atoms with Gasteiger partial charge < -0.3 is 9.52 Å². The Bertz CT molecular complexity index is 2340. The Hall–Kier alpha value is -4.53. The molecule has 0 bridgehead atoms. The van der Waals surface area contributed by atoms with Crippen LogP contribution >= 0.6 is 0 Å². The minimum atomic E-state index is -0.102. The van der Waals surface area contributed by atoms with Crippen molar-refractivity contribution in [2.24, 2.45) is 0 Å². The van der Waals surface area contributed by atoms with Crippen molar-refractivity contribution in [3.8, 4) is 50.6 Å². The van der Waals surface area contributed by atoms with Gasteiger partial charge in [0.2, 0.25) is 5.89 Å². The van der Waals surface area contributed by atoms with Gasteiger partial charge in [0.15, 0.2) is 0 Å². The molecule has 48 heavy (non-hydrogen) atoms. The van der Waals surface area contributed by atoms with Crippen molar-refractivity contribution in [1.29, 1.82) is 0 Å². The molecule has 0 saturated heterocycles. The van der Waals surface area contributed by atoms with Crippen molar-refractivity contribution in [2.75, 3.05) is 0 Å². The molecule has 0 unspecified atom stereocenters. The van der Waals surface area contributed by atoms with E-state index in [4.69, 9.17) is 14.4 Å². The number of phenolic OH excluding ortho intramolecular Hbond substituents is 1. The molecule has 4 nitrogen and oxygen atoms in total. The van der Waals surface area contributed by atoms with Gasteiger partial charge in [-0.25, -0.2) is 4.98 Å². The smallest absolute Gasteiger partial charge is 0.230 e. The summed E-state index contributed by atoms with van der Waals surface area (Å²) in [6, 6.07) is 30.9. The van der Waals surface area contributed by atoms with Crippen LogP contribution in [0.2, 0.25) is 0 Å². The summed E-state index contributed by atoms with van der Waals surface area (Å²) in [4.78, 5) is 9.85. The van der Waals surface area contributed by atoms with E-state index in [1.54, 1.807) is 6.07 Å². The Morgan fingerprint density at radius 1 is 0.688 bits per heavy atom. The molecule has 0 spiro atoms. The van der Waals surface area contributed by atoms with Gasteiger partial charge in [-0.1, -0.05) is 86.8 Å². The monoisotopic (exact) mass is 810 g/mol. The summed E-state index contributed by atoms with van der Waals surface area (Å²) in [7, 11) is 0. The van der Waals surface area contributed by atoms with Crippen LogP contribution in [0.25, 0.3) is 66.8 Å². The molecule has 0 fully saturated rings. The van der Waals surface area contributed by atoms with Gasteiger partial charge in [-0.2, -0.15) is 0 Å². The van der Waals surface area contributed by atoms with E-state index >= 15 is 0 Å². The summed E-state index contributed by atoms with van der Waals surface area (Å²) >= 11 is 0. The first kappa shape index (κ1) is 33.4. The van der Waals surface area contributed by atoms with Gasteiger partial charge in [0.25, 0.3) is 0 Å². The Balaban J connectivity index is 0.00000401. The number of pyridine rings is 1.